The molecule has 0 aromatic heterocycles. The second-order valence-electron chi connectivity index (χ2n) is 11.6. The van der Waals surface area contributed by atoms with Crippen LogP contribution in [0, 0.1) is 13.8 Å². The van der Waals surface area contributed by atoms with Crippen molar-refractivity contribution < 1.29 is 35.9 Å². The molecule has 0 aliphatic rings. The standard InChI is InChI=1S/C35H38Cl2N4O8S2/c1-23-6-12-28(13-7-23)50(44,45)40(30-18-26(36)10-16-32(30)48-4)21-34(42)38-20-25(3)39-35(43)22-41(31-19-27(37)11-17-33(31)49-5)51(46,47)29-14-8-24(2)9-15-29/h6-19,25H,20-22H2,1-5H3,(H,38,42)(H,39,43)/t25-/m0/s1. The molecule has 0 heterocycles. The van der Waals surface area contributed by atoms with Gasteiger partial charge in [-0.15, -0.1) is 0 Å². The number of rotatable bonds is 15. The number of amides is 2. The highest BCUT2D eigenvalue weighted by Crippen LogP contribution is 2.36. The second kappa shape index (κ2) is 16.7. The van der Waals surface area contributed by atoms with Crippen molar-refractivity contribution in [2.24, 2.45) is 0 Å². The number of hydrogen-bond donors (Lipinski definition) is 2. The number of anilines is 2. The average Bonchev–Trinajstić information content (AvgIpc) is 3.09. The van der Waals surface area contributed by atoms with Crippen LogP contribution in [-0.4, -0.2) is 68.5 Å². The van der Waals surface area contributed by atoms with Crippen LogP contribution >= 0.6 is 23.2 Å². The van der Waals surface area contributed by atoms with Gasteiger partial charge in [0.2, 0.25) is 11.8 Å². The highest BCUT2D eigenvalue weighted by molar-refractivity contribution is 7.93. The average molecular weight is 778 g/mol. The molecule has 272 valence electrons. The van der Waals surface area contributed by atoms with Crippen LogP contribution < -0.4 is 28.7 Å². The highest BCUT2D eigenvalue weighted by atomic mass is 35.5. The van der Waals surface area contributed by atoms with Crippen molar-refractivity contribution in [2.45, 2.75) is 36.6 Å². The van der Waals surface area contributed by atoms with E-state index in [0.717, 1.165) is 19.7 Å². The van der Waals surface area contributed by atoms with E-state index in [1.165, 1.54) is 74.9 Å². The number of carbonyl (C=O) groups is 2. The Hall–Kier alpha value is -4.50. The molecule has 2 amide bonds. The Morgan fingerprint density at radius 2 is 1.06 bits per heavy atom. The van der Waals surface area contributed by atoms with Crippen LogP contribution in [0.5, 0.6) is 11.5 Å². The van der Waals surface area contributed by atoms with Gasteiger partial charge in [0.05, 0.1) is 35.4 Å². The van der Waals surface area contributed by atoms with Crippen LogP contribution in [0.1, 0.15) is 18.1 Å². The molecule has 4 aromatic rings. The second-order valence-corrected chi connectivity index (χ2v) is 16.2. The van der Waals surface area contributed by atoms with Gasteiger partial charge in [0.15, 0.2) is 0 Å². The lowest BCUT2D eigenvalue weighted by atomic mass is 10.2. The van der Waals surface area contributed by atoms with Gasteiger partial charge in [-0.2, -0.15) is 0 Å². The van der Waals surface area contributed by atoms with Crippen LogP contribution in [-0.2, 0) is 29.6 Å². The highest BCUT2D eigenvalue weighted by Gasteiger charge is 2.32. The van der Waals surface area contributed by atoms with Gasteiger partial charge in [0.25, 0.3) is 20.0 Å². The number of nitrogens with zero attached hydrogens (tertiary/aromatic N) is 2. The predicted molar refractivity (Wildman–Crippen MR) is 198 cm³/mol. The first-order valence-corrected chi connectivity index (χ1v) is 19.1. The predicted octanol–water partition coefficient (Wildman–Crippen LogP) is 5.34. The number of methoxy groups -OCH3 is 2. The summed E-state index contributed by atoms with van der Waals surface area (Å²) in [6.45, 7) is 3.80. The van der Waals surface area contributed by atoms with Crippen LogP contribution in [0.2, 0.25) is 10.0 Å². The third-order valence-electron chi connectivity index (χ3n) is 7.62. The molecule has 0 aliphatic heterocycles. The zero-order valence-electron chi connectivity index (χ0n) is 28.5. The molecule has 0 fully saturated rings. The zero-order chi connectivity index (χ0) is 37.5. The first-order chi connectivity index (χ1) is 24.1. The number of ether oxygens (including phenoxy) is 2. The smallest absolute Gasteiger partial charge is 0.264 e. The topological polar surface area (TPSA) is 151 Å². The van der Waals surface area contributed by atoms with Crippen molar-refractivity contribution in [3.63, 3.8) is 0 Å². The third kappa shape index (κ3) is 9.64. The van der Waals surface area contributed by atoms with Crippen molar-refractivity contribution in [2.75, 3.05) is 42.5 Å². The molecule has 4 rings (SSSR count). The summed E-state index contributed by atoms with van der Waals surface area (Å²) in [5, 5.41) is 5.78. The molecule has 0 saturated heterocycles. The number of halogens is 2. The first-order valence-electron chi connectivity index (χ1n) is 15.5. The van der Waals surface area contributed by atoms with Gasteiger partial charge in [-0.25, -0.2) is 16.8 Å². The van der Waals surface area contributed by atoms with Gasteiger partial charge in [-0.05, 0) is 81.4 Å². The van der Waals surface area contributed by atoms with E-state index in [4.69, 9.17) is 32.7 Å². The fourth-order valence-corrected chi connectivity index (χ4v) is 8.12. The number of sulfonamides is 2. The lowest BCUT2D eigenvalue weighted by Crippen LogP contribution is -2.48. The summed E-state index contributed by atoms with van der Waals surface area (Å²) in [6, 6.07) is 20.4. The molecule has 0 radical (unpaired) electrons. The number of hydrogen-bond acceptors (Lipinski definition) is 8. The molecule has 0 bridgehead atoms. The summed E-state index contributed by atoms with van der Waals surface area (Å²) >= 11 is 12.4. The molecule has 0 spiro atoms. The van der Waals surface area contributed by atoms with E-state index < -0.39 is 51.0 Å². The molecule has 51 heavy (non-hydrogen) atoms. The lowest BCUT2D eigenvalue weighted by Gasteiger charge is -2.27. The van der Waals surface area contributed by atoms with Crippen molar-refractivity contribution in [3.8, 4) is 11.5 Å². The minimum atomic E-state index is -4.28. The zero-order valence-corrected chi connectivity index (χ0v) is 31.7. The maximum atomic E-state index is 13.9. The van der Waals surface area contributed by atoms with E-state index in [1.807, 2.05) is 13.8 Å². The quantitative estimate of drug-likeness (QED) is 0.164. The summed E-state index contributed by atoms with van der Waals surface area (Å²) in [5.41, 5.74) is 1.79. The Morgan fingerprint density at radius 1 is 0.667 bits per heavy atom. The van der Waals surface area contributed by atoms with Gasteiger partial charge in [-0.3, -0.25) is 18.2 Å². The van der Waals surface area contributed by atoms with Crippen LogP contribution in [0.25, 0.3) is 0 Å². The molecule has 0 saturated carbocycles. The van der Waals surface area contributed by atoms with E-state index >= 15 is 0 Å². The molecule has 1 atom stereocenters. The van der Waals surface area contributed by atoms with E-state index in [1.54, 1.807) is 31.2 Å². The fraction of sp³-hybridized carbons (Fsp3) is 0.257. The number of nitrogens with one attached hydrogen (secondary N) is 2. The third-order valence-corrected chi connectivity index (χ3v) is 11.6. The monoisotopic (exact) mass is 776 g/mol. The van der Waals surface area contributed by atoms with Crippen molar-refractivity contribution >= 4 is 66.4 Å². The van der Waals surface area contributed by atoms with Crippen LogP contribution in [0.4, 0.5) is 11.4 Å². The summed E-state index contributed by atoms with van der Waals surface area (Å²) < 4.78 is 68.0. The van der Waals surface area contributed by atoms with E-state index in [9.17, 15) is 26.4 Å². The first kappa shape index (κ1) is 39.3. The molecular weight excluding hydrogens is 739 g/mol. The van der Waals surface area contributed by atoms with Gasteiger partial charge in [0, 0.05) is 22.6 Å². The van der Waals surface area contributed by atoms with Gasteiger partial charge >= 0.3 is 0 Å². The summed E-state index contributed by atoms with van der Waals surface area (Å²) in [6.07, 6.45) is 0. The Balaban J connectivity index is 1.52. The van der Waals surface area contributed by atoms with Crippen molar-refractivity contribution in [1.82, 2.24) is 10.6 Å². The molecular formula is C35H38Cl2N4O8S2. The largest absolute Gasteiger partial charge is 0.495 e. The summed E-state index contributed by atoms with van der Waals surface area (Å²) in [5.74, 6) is -1.04. The minimum absolute atomic E-state index is 0.0491. The Morgan fingerprint density at radius 3 is 1.45 bits per heavy atom. The van der Waals surface area contributed by atoms with Crippen LogP contribution in [0.3, 0.4) is 0 Å². The van der Waals surface area contributed by atoms with Gasteiger partial charge in [0.1, 0.15) is 24.6 Å². The number of carbonyl (C=O) groups excluding carboxylic acids is 2. The van der Waals surface area contributed by atoms with Crippen molar-refractivity contribution in [3.05, 3.63) is 106 Å². The van der Waals surface area contributed by atoms with Crippen LogP contribution in [0.15, 0.2) is 94.7 Å². The molecule has 16 heteroatoms. The fourth-order valence-electron chi connectivity index (χ4n) is 4.95. The minimum Gasteiger partial charge on any atom is -0.495 e. The maximum absolute atomic E-state index is 13.9. The number of benzene rings is 4. The Labute approximate surface area is 308 Å². The Kier molecular flexibility index (Phi) is 12.8. The maximum Gasteiger partial charge on any atom is 0.264 e. The lowest BCUT2D eigenvalue weighted by molar-refractivity contribution is -0.122. The molecule has 4 aromatic carbocycles. The molecule has 0 unspecified atom stereocenters. The molecule has 2 N–H and O–H groups in total. The summed E-state index contributed by atoms with van der Waals surface area (Å²) in [4.78, 5) is 26.5. The Bertz CT molecular complexity index is 2100. The van der Waals surface area contributed by atoms with E-state index in [-0.39, 0.29) is 49.3 Å². The van der Waals surface area contributed by atoms with E-state index in [0.29, 0.717) is 0 Å². The molecule has 12 nitrogen and oxygen atoms in total. The van der Waals surface area contributed by atoms with Gasteiger partial charge < -0.3 is 20.1 Å². The SMILES string of the molecule is COc1ccc(Cl)cc1N(CC(=O)NC[C@H](C)NC(=O)CN(c1cc(Cl)ccc1OC)S(=O)(=O)c1ccc(C)cc1)S(=O)(=O)c1ccc(C)cc1. The summed E-state index contributed by atoms with van der Waals surface area (Å²) in [7, 11) is -5.83. The molecule has 0 aliphatic carbocycles. The normalized spacial score (nSPS) is 12.1. The van der Waals surface area contributed by atoms with Crippen molar-refractivity contribution in [1.29, 1.82) is 0 Å². The van der Waals surface area contributed by atoms with E-state index in [2.05, 4.69) is 10.6 Å². The number of aryl methyl sites for hydroxylation is 2. The van der Waals surface area contributed by atoms with Gasteiger partial charge in [-0.1, -0.05) is 58.6 Å².